The molecule has 1 aromatic carbocycles. The summed E-state index contributed by atoms with van der Waals surface area (Å²) in [6, 6.07) is 6.15. The van der Waals surface area contributed by atoms with E-state index in [0.29, 0.717) is 11.5 Å². The van der Waals surface area contributed by atoms with Crippen LogP contribution in [0.1, 0.15) is 57.3 Å². The number of morpholine rings is 1. The molecule has 2 aliphatic heterocycles. The fourth-order valence-electron chi connectivity index (χ4n) is 4.49. The van der Waals surface area contributed by atoms with Gasteiger partial charge in [0.2, 0.25) is 10.0 Å². The Labute approximate surface area is 187 Å². The van der Waals surface area contributed by atoms with E-state index in [1.807, 2.05) is 18.7 Å². The summed E-state index contributed by atoms with van der Waals surface area (Å²) in [5.74, 6) is 0.576. The lowest BCUT2D eigenvalue weighted by molar-refractivity contribution is -0.0728. The van der Waals surface area contributed by atoms with Gasteiger partial charge in [-0.2, -0.15) is 0 Å². The normalized spacial score (nSPS) is 24.8. The van der Waals surface area contributed by atoms with E-state index in [0.717, 1.165) is 52.0 Å². The highest BCUT2D eigenvalue weighted by molar-refractivity contribution is 7.89. The second-order valence-electron chi connectivity index (χ2n) is 9.17. The zero-order valence-electron chi connectivity index (χ0n) is 19.2. The first-order valence-electron chi connectivity index (χ1n) is 11.5. The van der Waals surface area contributed by atoms with Crippen molar-refractivity contribution >= 4 is 15.9 Å². The van der Waals surface area contributed by atoms with Crippen molar-refractivity contribution in [2.24, 2.45) is 5.92 Å². The summed E-state index contributed by atoms with van der Waals surface area (Å²) >= 11 is 0. The van der Waals surface area contributed by atoms with Crippen molar-refractivity contribution in [1.29, 1.82) is 0 Å². The molecule has 0 spiro atoms. The lowest BCUT2D eigenvalue weighted by atomic mass is 9.95. The molecule has 0 aliphatic carbocycles. The predicted octanol–water partition coefficient (Wildman–Crippen LogP) is 2.72. The fourth-order valence-corrected chi connectivity index (χ4v) is 5.82. The van der Waals surface area contributed by atoms with Crippen LogP contribution in [0.4, 0.5) is 0 Å². The Morgan fingerprint density at radius 1 is 1.13 bits per heavy atom. The highest BCUT2D eigenvalue weighted by Crippen LogP contribution is 2.22. The first-order valence-corrected chi connectivity index (χ1v) is 13.0. The number of carbonyl (C=O) groups excluding carboxylic acids is 1. The molecule has 1 N–H and O–H groups in total. The summed E-state index contributed by atoms with van der Waals surface area (Å²) in [4.78, 5) is 17.5. The van der Waals surface area contributed by atoms with E-state index in [-0.39, 0.29) is 29.1 Å². The lowest BCUT2D eigenvalue weighted by Gasteiger charge is -2.39. The number of carbonyl (C=O) groups is 1. The minimum atomic E-state index is -3.56. The van der Waals surface area contributed by atoms with Crippen LogP contribution in [0.25, 0.3) is 0 Å². The maximum atomic E-state index is 12.9. The smallest absolute Gasteiger partial charge is 0.253 e. The van der Waals surface area contributed by atoms with Crippen LogP contribution in [-0.2, 0) is 14.8 Å². The molecule has 1 aromatic rings. The number of hydrogen-bond acceptors (Lipinski definition) is 5. The monoisotopic (exact) mass is 451 g/mol. The van der Waals surface area contributed by atoms with Crippen LogP contribution in [0.3, 0.4) is 0 Å². The molecule has 0 radical (unpaired) electrons. The van der Waals surface area contributed by atoms with Gasteiger partial charge >= 0.3 is 0 Å². The van der Waals surface area contributed by atoms with Gasteiger partial charge in [0.15, 0.2) is 0 Å². The zero-order valence-corrected chi connectivity index (χ0v) is 20.0. The fraction of sp³-hybridized carbons (Fsp3) is 0.696. The van der Waals surface area contributed by atoms with Gasteiger partial charge in [0.25, 0.3) is 5.91 Å². The van der Waals surface area contributed by atoms with E-state index in [1.54, 1.807) is 12.1 Å². The number of nitrogens with one attached hydrogen (secondary N) is 1. The average Bonchev–Trinajstić information content (AvgIpc) is 2.73. The van der Waals surface area contributed by atoms with Gasteiger partial charge in [-0.25, -0.2) is 13.1 Å². The van der Waals surface area contributed by atoms with Crippen LogP contribution < -0.4 is 4.72 Å². The zero-order chi connectivity index (χ0) is 22.6. The maximum absolute atomic E-state index is 12.9. The molecule has 3 atom stereocenters. The summed E-state index contributed by atoms with van der Waals surface area (Å²) < 4.78 is 33.3. The van der Waals surface area contributed by atoms with E-state index in [9.17, 15) is 13.2 Å². The molecule has 0 bridgehead atoms. The lowest BCUT2D eigenvalue weighted by Crippen LogP contribution is -2.48. The Morgan fingerprint density at radius 2 is 1.71 bits per heavy atom. The van der Waals surface area contributed by atoms with Crippen molar-refractivity contribution in [2.45, 2.75) is 70.1 Å². The third-order valence-electron chi connectivity index (χ3n) is 6.29. The number of sulfonamides is 1. The minimum Gasteiger partial charge on any atom is -0.373 e. The summed E-state index contributed by atoms with van der Waals surface area (Å²) in [5.41, 5.74) is 0.539. The molecule has 0 aromatic heterocycles. The molecule has 2 aliphatic rings. The van der Waals surface area contributed by atoms with Gasteiger partial charge in [0.1, 0.15) is 0 Å². The third kappa shape index (κ3) is 6.51. The number of rotatable bonds is 7. The third-order valence-corrected chi connectivity index (χ3v) is 7.90. The molecule has 2 heterocycles. The van der Waals surface area contributed by atoms with Crippen molar-refractivity contribution in [3.8, 4) is 0 Å². The van der Waals surface area contributed by atoms with E-state index >= 15 is 0 Å². The molecular weight excluding hydrogens is 414 g/mol. The standard InChI is InChI=1S/C23H37N3O4S/c1-5-17(2)24-31(28,29)22-8-6-21(7-9-22)23(27)26-12-10-20(11-13-26)16-25-14-18(3)30-19(4)15-25/h6-9,17-20,24H,5,10-16H2,1-4H3. The van der Waals surface area contributed by atoms with Crippen molar-refractivity contribution in [2.75, 3.05) is 32.7 Å². The Kier molecular flexibility index (Phi) is 8.13. The van der Waals surface area contributed by atoms with Crippen LogP contribution >= 0.6 is 0 Å². The number of hydrogen-bond donors (Lipinski definition) is 1. The van der Waals surface area contributed by atoms with Crippen molar-refractivity contribution in [1.82, 2.24) is 14.5 Å². The second kappa shape index (κ2) is 10.4. The first-order chi connectivity index (χ1) is 14.7. The molecule has 3 unspecified atom stereocenters. The molecule has 3 rings (SSSR count). The molecule has 174 valence electrons. The second-order valence-corrected chi connectivity index (χ2v) is 10.9. The Balaban J connectivity index is 1.52. The van der Waals surface area contributed by atoms with E-state index in [1.165, 1.54) is 12.1 Å². The highest BCUT2D eigenvalue weighted by Gasteiger charge is 2.28. The molecule has 8 heteroatoms. The number of ether oxygens (including phenoxy) is 1. The molecule has 7 nitrogen and oxygen atoms in total. The van der Waals surface area contributed by atoms with Gasteiger partial charge in [-0.05, 0) is 70.2 Å². The van der Waals surface area contributed by atoms with E-state index in [2.05, 4.69) is 23.5 Å². The van der Waals surface area contributed by atoms with Crippen molar-refractivity contribution in [3.63, 3.8) is 0 Å². The minimum absolute atomic E-state index is 0.0223. The summed E-state index contributed by atoms with van der Waals surface area (Å²) in [7, 11) is -3.56. The molecule has 2 fully saturated rings. The van der Waals surface area contributed by atoms with Gasteiger partial charge in [0, 0.05) is 44.3 Å². The highest BCUT2D eigenvalue weighted by atomic mass is 32.2. The first kappa shape index (κ1) is 24.2. The number of amides is 1. The predicted molar refractivity (Wildman–Crippen MR) is 122 cm³/mol. The van der Waals surface area contributed by atoms with Gasteiger partial charge in [-0.3, -0.25) is 9.69 Å². The molecule has 0 saturated carbocycles. The van der Waals surface area contributed by atoms with Gasteiger partial charge < -0.3 is 9.64 Å². The van der Waals surface area contributed by atoms with Crippen LogP contribution in [0.15, 0.2) is 29.2 Å². The van der Waals surface area contributed by atoms with Crippen LogP contribution in [0.5, 0.6) is 0 Å². The van der Waals surface area contributed by atoms with Crippen molar-refractivity contribution in [3.05, 3.63) is 29.8 Å². The van der Waals surface area contributed by atoms with Gasteiger partial charge in [0.05, 0.1) is 17.1 Å². The van der Waals surface area contributed by atoms with Crippen molar-refractivity contribution < 1.29 is 17.9 Å². The topological polar surface area (TPSA) is 79.0 Å². The molecule has 2 saturated heterocycles. The SMILES string of the molecule is CCC(C)NS(=O)(=O)c1ccc(C(=O)N2CCC(CN3CC(C)OC(C)C3)CC2)cc1. The molecule has 31 heavy (non-hydrogen) atoms. The van der Waals surface area contributed by atoms with Crippen LogP contribution in [0, 0.1) is 5.92 Å². The summed E-state index contributed by atoms with van der Waals surface area (Å²) in [5, 5.41) is 0. The van der Waals surface area contributed by atoms with Crippen LogP contribution in [-0.4, -0.2) is 75.1 Å². The quantitative estimate of drug-likeness (QED) is 0.690. The largest absolute Gasteiger partial charge is 0.373 e. The number of nitrogens with zero attached hydrogens (tertiary/aromatic N) is 2. The Morgan fingerprint density at radius 3 is 2.26 bits per heavy atom. The Bertz CT molecular complexity index is 825. The van der Waals surface area contributed by atoms with E-state index < -0.39 is 10.0 Å². The summed E-state index contributed by atoms with van der Waals surface area (Å²) in [6.07, 6.45) is 3.26. The summed E-state index contributed by atoms with van der Waals surface area (Å²) in [6.45, 7) is 12.5. The number of benzene rings is 1. The molecule has 1 amide bonds. The van der Waals surface area contributed by atoms with Crippen LogP contribution in [0.2, 0.25) is 0 Å². The van der Waals surface area contributed by atoms with Gasteiger partial charge in [-0.1, -0.05) is 6.92 Å². The van der Waals surface area contributed by atoms with E-state index in [4.69, 9.17) is 4.74 Å². The Hall–Kier alpha value is -1.48. The maximum Gasteiger partial charge on any atom is 0.253 e. The number of piperidine rings is 1. The molecular formula is C23H37N3O4S. The average molecular weight is 452 g/mol. The van der Waals surface area contributed by atoms with Gasteiger partial charge in [-0.15, -0.1) is 0 Å². The number of likely N-dealkylation sites (tertiary alicyclic amines) is 1.